The van der Waals surface area contributed by atoms with Crippen molar-refractivity contribution < 1.29 is 9.59 Å². The van der Waals surface area contributed by atoms with Crippen molar-refractivity contribution in [3.05, 3.63) is 53.0 Å². The lowest BCUT2D eigenvalue weighted by molar-refractivity contribution is -0.117. The maximum Gasteiger partial charge on any atom is 0.185 e. The Kier molecular flexibility index (Phi) is 8.33. The summed E-state index contributed by atoms with van der Waals surface area (Å²) in [4.78, 5) is 35.0. The predicted molar refractivity (Wildman–Crippen MR) is 125 cm³/mol. The Labute approximate surface area is 186 Å². The molecule has 0 amide bonds. The number of hydrogen-bond donors (Lipinski definition) is 0. The maximum absolute atomic E-state index is 13.0. The molecular formula is C26H35N3O2. The van der Waals surface area contributed by atoms with Gasteiger partial charge in [-0.15, -0.1) is 0 Å². The van der Waals surface area contributed by atoms with Gasteiger partial charge in [-0.1, -0.05) is 25.1 Å². The van der Waals surface area contributed by atoms with E-state index < -0.39 is 0 Å². The van der Waals surface area contributed by atoms with Crippen molar-refractivity contribution in [3.8, 4) is 0 Å². The van der Waals surface area contributed by atoms with Crippen molar-refractivity contribution in [2.75, 3.05) is 18.0 Å². The van der Waals surface area contributed by atoms with Crippen LogP contribution < -0.4 is 4.90 Å². The highest BCUT2D eigenvalue weighted by Crippen LogP contribution is 2.31. The fraction of sp³-hybridized carbons (Fsp3) is 0.538. The van der Waals surface area contributed by atoms with Crippen LogP contribution in [-0.2, 0) is 17.6 Å². The highest BCUT2D eigenvalue weighted by molar-refractivity contribution is 5.96. The van der Waals surface area contributed by atoms with Crippen LogP contribution in [0, 0.1) is 12.8 Å². The first kappa shape index (κ1) is 23.1. The van der Waals surface area contributed by atoms with Crippen molar-refractivity contribution in [3.63, 3.8) is 0 Å². The van der Waals surface area contributed by atoms with E-state index in [0.29, 0.717) is 18.5 Å². The van der Waals surface area contributed by atoms with Gasteiger partial charge in [0.25, 0.3) is 0 Å². The molecule has 0 aliphatic heterocycles. The van der Waals surface area contributed by atoms with Gasteiger partial charge in [-0.2, -0.15) is 0 Å². The first-order chi connectivity index (χ1) is 15.0. The molecule has 0 radical (unpaired) electrons. The summed E-state index contributed by atoms with van der Waals surface area (Å²) in [6.45, 7) is 7.85. The number of Topliss-reactive ketones (excluding diaryl/α,β-unsaturated/α-hetero) is 2. The van der Waals surface area contributed by atoms with Gasteiger partial charge >= 0.3 is 0 Å². The summed E-state index contributed by atoms with van der Waals surface area (Å²) >= 11 is 0. The largest absolute Gasteiger partial charge is 0.356 e. The van der Waals surface area contributed by atoms with Crippen LogP contribution in [0.25, 0.3) is 0 Å². The number of aryl methyl sites for hydroxylation is 2. The van der Waals surface area contributed by atoms with Crippen LogP contribution in [-0.4, -0.2) is 34.6 Å². The molecule has 1 aromatic heterocycles. The minimum atomic E-state index is 0.0313. The number of unbranched alkanes of at least 4 members (excludes halogenated alkanes) is 1. The third kappa shape index (κ3) is 7.27. The van der Waals surface area contributed by atoms with Gasteiger partial charge in [-0.25, -0.2) is 9.97 Å². The van der Waals surface area contributed by atoms with Crippen LogP contribution in [0.2, 0.25) is 0 Å². The summed E-state index contributed by atoms with van der Waals surface area (Å²) in [7, 11) is 0. The zero-order valence-corrected chi connectivity index (χ0v) is 19.2. The van der Waals surface area contributed by atoms with E-state index in [1.165, 1.54) is 24.7 Å². The molecule has 166 valence electrons. The van der Waals surface area contributed by atoms with E-state index in [1.54, 1.807) is 6.92 Å². The van der Waals surface area contributed by atoms with E-state index in [0.717, 1.165) is 61.6 Å². The van der Waals surface area contributed by atoms with Gasteiger partial charge in [0.05, 0.1) is 0 Å². The normalized spacial score (nSPS) is 13.3. The molecule has 3 rings (SSSR count). The van der Waals surface area contributed by atoms with Gasteiger partial charge in [-0.05, 0) is 75.0 Å². The number of anilines is 1. The van der Waals surface area contributed by atoms with Crippen molar-refractivity contribution in [2.45, 2.75) is 72.1 Å². The number of carbonyl (C=O) groups excluding carboxylic acids is 2. The topological polar surface area (TPSA) is 63.2 Å². The Morgan fingerprint density at radius 1 is 1.13 bits per heavy atom. The highest BCUT2D eigenvalue weighted by Gasteiger charge is 2.25. The number of hydrogen-bond acceptors (Lipinski definition) is 5. The van der Waals surface area contributed by atoms with Gasteiger partial charge in [-0.3, -0.25) is 4.79 Å². The van der Waals surface area contributed by atoms with Crippen molar-refractivity contribution in [1.82, 2.24) is 9.97 Å². The average molecular weight is 422 g/mol. The van der Waals surface area contributed by atoms with E-state index in [-0.39, 0.29) is 11.6 Å². The highest BCUT2D eigenvalue weighted by atomic mass is 16.1. The molecule has 1 aliphatic rings. The maximum atomic E-state index is 13.0. The standard InChI is InChI=1S/C26H35N3O2/c1-4-13-29(17-22-9-10-22)26-16-24(27-18-28-26)25(31)15-23-12-11-21(14-19(23)2)8-6-5-7-20(3)30/h11-12,14,16,18,22H,4-10,13,15,17H2,1-3H3. The third-order valence-corrected chi connectivity index (χ3v) is 5.93. The number of aromatic nitrogens is 2. The van der Waals surface area contributed by atoms with E-state index in [1.807, 2.05) is 6.07 Å². The Morgan fingerprint density at radius 3 is 2.61 bits per heavy atom. The van der Waals surface area contributed by atoms with E-state index >= 15 is 0 Å². The SMILES string of the molecule is CCCN(CC1CC1)c1cc(C(=O)Cc2ccc(CCCCC(C)=O)cc2C)ncn1. The molecule has 0 saturated heterocycles. The molecule has 5 heteroatoms. The minimum Gasteiger partial charge on any atom is -0.356 e. The Bertz CT molecular complexity index is 905. The number of nitrogens with zero attached hydrogens (tertiary/aromatic N) is 3. The number of rotatable bonds is 13. The summed E-state index contributed by atoms with van der Waals surface area (Å²) in [5.74, 6) is 1.92. The molecule has 1 aliphatic carbocycles. The second-order valence-electron chi connectivity index (χ2n) is 8.92. The van der Waals surface area contributed by atoms with Crippen LogP contribution in [0.5, 0.6) is 0 Å². The molecular weight excluding hydrogens is 386 g/mol. The van der Waals surface area contributed by atoms with Crippen LogP contribution in [0.3, 0.4) is 0 Å². The minimum absolute atomic E-state index is 0.0313. The van der Waals surface area contributed by atoms with Gasteiger partial charge in [0.15, 0.2) is 5.78 Å². The molecule has 0 atom stereocenters. The summed E-state index contributed by atoms with van der Waals surface area (Å²) in [6.07, 6.45) is 9.08. The lowest BCUT2D eigenvalue weighted by Crippen LogP contribution is -2.27. The zero-order valence-electron chi connectivity index (χ0n) is 19.2. The lowest BCUT2D eigenvalue weighted by atomic mass is 9.97. The Balaban J connectivity index is 1.62. The van der Waals surface area contributed by atoms with Crippen molar-refractivity contribution in [1.29, 1.82) is 0 Å². The van der Waals surface area contributed by atoms with Crippen molar-refractivity contribution >= 4 is 17.4 Å². The average Bonchev–Trinajstić information content (AvgIpc) is 3.57. The van der Waals surface area contributed by atoms with E-state index in [9.17, 15) is 9.59 Å². The predicted octanol–water partition coefficient (Wildman–Crippen LogP) is 5.14. The quantitative estimate of drug-likeness (QED) is 0.331. The van der Waals surface area contributed by atoms with Crippen LogP contribution >= 0.6 is 0 Å². The summed E-state index contributed by atoms with van der Waals surface area (Å²) < 4.78 is 0. The van der Waals surface area contributed by atoms with Crippen LogP contribution in [0.4, 0.5) is 5.82 Å². The summed E-state index contributed by atoms with van der Waals surface area (Å²) in [5, 5.41) is 0. The Hall–Kier alpha value is -2.56. The number of ketones is 2. The zero-order chi connectivity index (χ0) is 22.2. The first-order valence-electron chi connectivity index (χ1n) is 11.6. The summed E-state index contributed by atoms with van der Waals surface area (Å²) in [5.41, 5.74) is 3.93. The van der Waals surface area contributed by atoms with E-state index in [4.69, 9.17) is 0 Å². The molecule has 0 N–H and O–H groups in total. The fourth-order valence-corrected chi connectivity index (χ4v) is 3.93. The molecule has 5 nitrogen and oxygen atoms in total. The molecule has 0 unspecified atom stereocenters. The molecule has 1 aromatic carbocycles. The summed E-state index contributed by atoms with van der Waals surface area (Å²) in [6, 6.07) is 8.19. The van der Waals surface area contributed by atoms with Gasteiger partial charge in [0.2, 0.25) is 0 Å². The molecule has 1 saturated carbocycles. The Morgan fingerprint density at radius 2 is 1.94 bits per heavy atom. The smallest absolute Gasteiger partial charge is 0.185 e. The van der Waals surface area contributed by atoms with Crippen LogP contribution in [0.15, 0.2) is 30.6 Å². The lowest BCUT2D eigenvalue weighted by Gasteiger charge is -2.23. The molecule has 0 spiro atoms. The third-order valence-electron chi connectivity index (χ3n) is 5.93. The van der Waals surface area contributed by atoms with Crippen LogP contribution in [0.1, 0.15) is 79.6 Å². The fourth-order valence-electron chi connectivity index (χ4n) is 3.93. The van der Waals surface area contributed by atoms with Crippen molar-refractivity contribution in [2.24, 2.45) is 5.92 Å². The second-order valence-corrected chi connectivity index (χ2v) is 8.92. The van der Waals surface area contributed by atoms with E-state index in [2.05, 4.69) is 46.9 Å². The molecule has 31 heavy (non-hydrogen) atoms. The van der Waals surface area contributed by atoms with Gasteiger partial charge in [0.1, 0.15) is 23.6 Å². The van der Waals surface area contributed by atoms with Gasteiger partial charge in [0, 0.05) is 32.0 Å². The monoisotopic (exact) mass is 421 g/mol. The molecule has 0 bridgehead atoms. The second kappa shape index (κ2) is 11.2. The molecule has 2 aromatic rings. The molecule has 1 fully saturated rings. The first-order valence-corrected chi connectivity index (χ1v) is 11.6. The number of benzene rings is 1. The molecule has 1 heterocycles. The number of carbonyl (C=O) groups is 2. The van der Waals surface area contributed by atoms with Gasteiger partial charge < -0.3 is 9.69 Å².